The van der Waals surface area contributed by atoms with Crippen LogP contribution in [0.5, 0.6) is 0 Å². The third-order valence-corrected chi connectivity index (χ3v) is 0.649. The van der Waals surface area contributed by atoms with E-state index in [0.717, 1.165) is 12.2 Å². The van der Waals surface area contributed by atoms with Crippen molar-refractivity contribution in [3.8, 4) is 0 Å². The van der Waals surface area contributed by atoms with Gasteiger partial charge in [0.1, 0.15) is 0 Å². The fraction of sp³-hybridized carbons (Fsp3) is 0.333. The summed E-state index contributed by atoms with van der Waals surface area (Å²) in [7, 11) is 0. The molecular weight excluding hydrogens is 176 g/mol. The molecule has 0 amide bonds. The van der Waals surface area contributed by atoms with Gasteiger partial charge in [-0.05, 0) is 6.92 Å². The summed E-state index contributed by atoms with van der Waals surface area (Å²) in [4.78, 5) is 20.2. The van der Waals surface area contributed by atoms with Crippen molar-refractivity contribution in [3.63, 3.8) is 0 Å². The smallest absolute Gasteiger partial charge is 0.330 e. The summed E-state index contributed by atoms with van der Waals surface area (Å²) in [6.07, 6.45) is 1.60. The summed E-state index contributed by atoms with van der Waals surface area (Å²) in [6.45, 7) is 1.90. The molecule has 0 unspecified atom stereocenters. The first kappa shape index (κ1) is 13.5. The van der Waals surface area contributed by atoms with E-state index in [-0.39, 0.29) is 44.3 Å². The Kier molecular flexibility index (Phi) is 9.89. The molecule has 0 atom stereocenters. The first-order valence-electron chi connectivity index (χ1n) is 2.74. The molecule has 0 aliphatic carbocycles. The number of ether oxygens (including phenoxy) is 1. The van der Waals surface area contributed by atoms with E-state index in [1.165, 1.54) is 0 Å². The number of carbonyl (C=O) groups excluding carboxylic acids is 1. The Morgan fingerprint density at radius 1 is 1.45 bits per heavy atom. The zero-order valence-corrected chi connectivity index (χ0v) is 8.45. The molecule has 0 aromatic rings. The van der Waals surface area contributed by atoms with Crippen LogP contribution in [0.2, 0.25) is 0 Å². The van der Waals surface area contributed by atoms with Crippen LogP contribution in [-0.4, -0.2) is 61.4 Å². The molecule has 0 aromatic carbocycles. The van der Waals surface area contributed by atoms with Crippen molar-refractivity contribution in [1.82, 2.24) is 0 Å². The summed E-state index contributed by atoms with van der Waals surface area (Å²) in [5, 5.41) is 8.04. The average Bonchev–Trinajstić information content (AvgIpc) is 1.85. The second-order valence-corrected chi connectivity index (χ2v) is 1.42. The first-order valence-corrected chi connectivity index (χ1v) is 2.74. The van der Waals surface area contributed by atoms with Crippen LogP contribution in [0, 0.1) is 0 Å². The third-order valence-electron chi connectivity index (χ3n) is 0.649. The third kappa shape index (κ3) is 9.94. The minimum absolute atomic E-state index is 0. The molecule has 5 heteroatoms. The Morgan fingerprint density at radius 2 is 2.00 bits per heavy atom. The Balaban J connectivity index is 0. The van der Waals surface area contributed by atoms with Gasteiger partial charge in [-0.1, -0.05) is 0 Å². The van der Waals surface area contributed by atoms with Gasteiger partial charge in [-0.15, -0.1) is 0 Å². The molecule has 0 saturated carbocycles. The number of esters is 1. The van der Waals surface area contributed by atoms with Crippen molar-refractivity contribution in [2.24, 2.45) is 0 Å². The summed E-state index contributed by atoms with van der Waals surface area (Å²) >= 11 is 0. The van der Waals surface area contributed by atoms with E-state index >= 15 is 0 Å². The number of aliphatic carboxylic acids is 1. The molecule has 1 N–H and O–H groups in total. The molecule has 2 radical (unpaired) electrons. The Labute approximate surface area is 94.2 Å². The minimum Gasteiger partial charge on any atom is -0.478 e. The zero-order chi connectivity index (χ0) is 7.98. The number of hydrogen-bond donors (Lipinski definition) is 1. The van der Waals surface area contributed by atoms with Gasteiger partial charge in [0.15, 0.2) is 0 Å². The van der Waals surface area contributed by atoms with Crippen LogP contribution in [0.25, 0.3) is 0 Å². The molecule has 0 heterocycles. The van der Waals surface area contributed by atoms with E-state index in [4.69, 9.17) is 5.11 Å². The SMILES string of the molecule is CCOC(=O)/C=C/C(=O)O.[Ca]. The maximum Gasteiger partial charge on any atom is 0.330 e. The van der Waals surface area contributed by atoms with Gasteiger partial charge in [-0.3, -0.25) is 0 Å². The van der Waals surface area contributed by atoms with Crippen LogP contribution in [0.1, 0.15) is 6.92 Å². The van der Waals surface area contributed by atoms with Gasteiger partial charge in [-0.25, -0.2) is 9.59 Å². The molecule has 0 bridgehead atoms. The summed E-state index contributed by atoms with van der Waals surface area (Å²) in [5.41, 5.74) is 0. The molecule has 11 heavy (non-hydrogen) atoms. The molecular formula is C6H8CaO4. The molecule has 0 aromatic heterocycles. The maximum atomic E-state index is 10.4. The fourth-order valence-corrected chi connectivity index (χ4v) is 0.330. The molecule has 0 saturated heterocycles. The van der Waals surface area contributed by atoms with E-state index in [1.54, 1.807) is 6.92 Å². The van der Waals surface area contributed by atoms with Crippen molar-refractivity contribution in [1.29, 1.82) is 0 Å². The Hall–Kier alpha value is -0.0603. The van der Waals surface area contributed by atoms with E-state index in [1.807, 2.05) is 0 Å². The molecule has 58 valence electrons. The monoisotopic (exact) mass is 184 g/mol. The Morgan fingerprint density at radius 3 is 2.36 bits per heavy atom. The van der Waals surface area contributed by atoms with Gasteiger partial charge in [0.05, 0.1) is 6.61 Å². The van der Waals surface area contributed by atoms with E-state index in [9.17, 15) is 9.59 Å². The van der Waals surface area contributed by atoms with Gasteiger partial charge in [0.25, 0.3) is 0 Å². The normalized spacial score (nSPS) is 8.82. The number of carbonyl (C=O) groups is 2. The van der Waals surface area contributed by atoms with Gasteiger partial charge in [0, 0.05) is 49.9 Å². The number of carboxylic acids is 1. The number of hydrogen-bond acceptors (Lipinski definition) is 3. The van der Waals surface area contributed by atoms with Gasteiger partial charge >= 0.3 is 11.9 Å². The quantitative estimate of drug-likeness (QED) is 0.375. The first-order chi connectivity index (χ1) is 4.66. The van der Waals surface area contributed by atoms with Crippen LogP contribution >= 0.6 is 0 Å². The van der Waals surface area contributed by atoms with Crippen molar-refractivity contribution < 1.29 is 19.4 Å². The predicted molar refractivity (Wildman–Crippen MR) is 39.2 cm³/mol. The van der Waals surface area contributed by atoms with E-state index < -0.39 is 11.9 Å². The van der Waals surface area contributed by atoms with Crippen LogP contribution < -0.4 is 0 Å². The fourth-order valence-electron chi connectivity index (χ4n) is 0.330. The van der Waals surface area contributed by atoms with Crippen molar-refractivity contribution >= 4 is 49.7 Å². The average molecular weight is 184 g/mol. The molecule has 0 aliphatic rings. The van der Waals surface area contributed by atoms with Gasteiger partial charge < -0.3 is 9.84 Å². The summed E-state index contributed by atoms with van der Waals surface area (Å²) < 4.78 is 4.40. The van der Waals surface area contributed by atoms with E-state index in [0.29, 0.717) is 0 Å². The van der Waals surface area contributed by atoms with Crippen LogP contribution in [0.3, 0.4) is 0 Å². The molecule has 0 spiro atoms. The van der Waals surface area contributed by atoms with E-state index in [2.05, 4.69) is 4.74 Å². The molecule has 0 aliphatic heterocycles. The van der Waals surface area contributed by atoms with Crippen LogP contribution in [0.15, 0.2) is 12.2 Å². The zero-order valence-electron chi connectivity index (χ0n) is 6.24. The summed E-state index contributed by atoms with van der Waals surface area (Å²) in [5.74, 6) is -1.79. The molecule has 0 fully saturated rings. The van der Waals surface area contributed by atoms with Gasteiger partial charge in [0.2, 0.25) is 0 Å². The van der Waals surface area contributed by atoms with Crippen molar-refractivity contribution in [3.05, 3.63) is 12.2 Å². The second kappa shape index (κ2) is 8.04. The largest absolute Gasteiger partial charge is 0.478 e. The summed E-state index contributed by atoms with van der Waals surface area (Å²) in [6, 6.07) is 0. The standard InChI is InChI=1S/C6H8O4.Ca/c1-2-10-6(9)4-3-5(7)8;/h3-4H,2H2,1H3,(H,7,8);/b4-3+;. The van der Waals surface area contributed by atoms with Crippen LogP contribution in [-0.2, 0) is 14.3 Å². The van der Waals surface area contributed by atoms with Crippen molar-refractivity contribution in [2.45, 2.75) is 6.92 Å². The van der Waals surface area contributed by atoms with Crippen molar-refractivity contribution in [2.75, 3.05) is 6.61 Å². The topological polar surface area (TPSA) is 63.6 Å². The number of carboxylic acid groups (broad SMARTS) is 1. The Bertz CT molecular complexity index is 164. The maximum absolute atomic E-state index is 10.4. The van der Waals surface area contributed by atoms with Crippen LogP contribution in [0.4, 0.5) is 0 Å². The molecule has 4 nitrogen and oxygen atoms in total. The second-order valence-electron chi connectivity index (χ2n) is 1.42. The minimum atomic E-state index is -1.16. The predicted octanol–water partition coefficient (Wildman–Crippen LogP) is -0.190. The van der Waals surface area contributed by atoms with Gasteiger partial charge in [-0.2, -0.15) is 0 Å². The number of rotatable bonds is 3. The molecule has 0 rings (SSSR count).